The van der Waals surface area contributed by atoms with Gasteiger partial charge in [0.25, 0.3) is 0 Å². The Bertz CT molecular complexity index is 1510. The number of esters is 1. The van der Waals surface area contributed by atoms with Crippen LogP contribution in [0.5, 0.6) is 0 Å². The number of urea groups is 1. The minimum atomic E-state index is -1.08. The number of hydrogen-bond donors (Lipinski definition) is 2. The molecule has 2 atom stereocenters. The summed E-state index contributed by atoms with van der Waals surface area (Å²) < 4.78 is 21.3. The van der Waals surface area contributed by atoms with E-state index in [1.54, 1.807) is 47.5 Å². The lowest BCUT2D eigenvalue weighted by Gasteiger charge is -2.38. The maximum absolute atomic E-state index is 14.0. The van der Waals surface area contributed by atoms with Gasteiger partial charge in [0, 0.05) is 75.0 Å². The Morgan fingerprint density at radius 2 is 2.02 bits per heavy atom. The quantitative estimate of drug-likeness (QED) is 0.412. The van der Waals surface area contributed by atoms with E-state index >= 15 is 0 Å². The van der Waals surface area contributed by atoms with Crippen LogP contribution in [0.25, 0.3) is 0 Å². The summed E-state index contributed by atoms with van der Waals surface area (Å²) in [6, 6.07) is 2.77. The fourth-order valence-electron chi connectivity index (χ4n) is 5.71. The number of ether oxygens (including phenoxy) is 1. The highest BCUT2D eigenvalue weighted by molar-refractivity contribution is 6.31. The fourth-order valence-corrected chi connectivity index (χ4v) is 5.98. The SMILES string of the molecule is CCOC(=O)C1=C(CN2CCN3C(=O)N(CC(C)(C)C(=O)O)C[C@@H]3C2)NC(c2nccn2C)=N[C@H]1c1ccc(F)cc1Cl. The monoisotopic (exact) mass is 615 g/mol. The molecule has 0 aliphatic carbocycles. The maximum atomic E-state index is 14.0. The number of aliphatic imine (C=N–C) groups is 1. The summed E-state index contributed by atoms with van der Waals surface area (Å²) in [6.45, 7) is 7.35. The summed E-state index contributed by atoms with van der Waals surface area (Å²) >= 11 is 6.49. The average Bonchev–Trinajstić information content (AvgIpc) is 3.50. The van der Waals surface area contributed by atoms with Gasteiger partial charge in [-0.2, -0.15) is 0 Å². The summed E-state index contributed by atoms with van der Waals surface area (Å²) in [7, 11) is 1.82. The third-order valence-corrected chi connectivity index (χ3v) is 8.30. The summed E-state index contributed by atoms with van der Waals surface area (Å²) in [5.74, 6) is -1.10. The molecule has 1 aromatic carbocycles. The highest BCUT2D eigenvalue weighted by atomic mass is 35.5. The topological polar surface area (TPSA) is 133 Å². The van der Waals surface area contributed by atoms with Crippen LogP contribution in [0.3, 0.4) is 0 Å². The smallest absolute Gasteiger partial charge is 0.338 e. The van der Waals surface area contributed by atoms with Crippen molar-refractivity contribution >= 4 is 35.4 Å². The summed E-state index contributed by atoms with van der Waals surface area (Å²) in [5.41, 5.74) is 0.161. The van der Waals surface area contributed by atoms with Crippen molar-refractivity contribution in [2.24, 2.45) is 17.5 Å². The summed E-state index contributed by atoms with van der Waals surface area (Å²) in [4.78, 5) is 53.0. The number of carbonyl (C=O) groups is 3. The minimum absolute atomic E-state index is 0.109. The predicted octanol–water partition coefficient (Wildman–Crippen LogP) is 2.65. The number of nitrogens with zero attached hydrogens (tertiary/aromatic N) is 6. The first-order valence-electron chi connectivity index (χ1n) is 14.1. The van der Waals surface area contributed by atoms with Crippen LogP contribution in [0.2, 0.25) is 5.02 Å². The number of aryl methyl sites for hydroxylation is 1. The van der Waals surface area contributed by atoms with Crippen LogP contribution >= 0.6 is 11.6 Å². The second kappa shape index (κ2) is 12.0. The van der Waals surface area contributed by atoms with E-state index in [1.807, 2.05) is 7.05 Å². The third kappa shape index (κ3) is 6.09. The number of nitrogens with one attached hydrogen (secondary N) is 1. The molecule has 43 heavy (non-hydrogen) atoms. The molecule has 3 aliphatic heterocycles. The van der Waals surface area contributed by atoms with Gasteiger partial charge in [0.2, 0.25) is 0 Å². The highest BCUT2D eigenvalue weighted by Gasteiger charge is 2.44. The lowest BCUT2D eigenvalue weighted by Crippen LogP contribution is -2.53. The van der Waals surface area contributed by atoms with Crippen molar-refractivity contribution in [3.63, 3.8) is 0 Å². The van der Waals surface area contributed by atoms with Gasteiger partial charge < -0.3 is 29.5 Å². The minimum Gasteiger partial charge on any atom is -0.481 e. The lowest BCUT2D eigenvalue weighted by molar-refractivity contribution is -0.147. The zero-order valence-electron chi connectivity index (χ0n) is 24.5. The van der Waals surface area contributed by atoms with Gasteiger partial charge in [0.15, 0.2) is 11.7 Å². The molecule has 5 rings (SSSR count). The first kappa shape index (κ1) is 30.5. The second-order valence-corrected chi connectivity index (χ2v) is 12.0. The summed E-state index contributed by atoms with van der Waals surface area (Å²) in [6.07, 6.45) is 3.41. The van der Waals surface area contributed by atoms with Crippen LogP contribution in [0, 0.1) is 11.2 Å². The molecule has 14 heteroatoms. The molecule has 1 aromatic heterocycles. The largest absolute Gasteiger partial charge is 0.481 e. The van der Waals surface area contributed by atoms with Crippen LogP contribution < -0.4 is 5.32 Å². The van der Waals surface area contributed by atoms with Gasteiger partial charge in [0.05, 0.1) is 23.6 Å². The number of halogens is 2. The molecule has 12 nitrogen and oxygen atoms in total. The number of amidine groups is 1. The fraction of sp³-hybridized carbons (Fsp3) is 0.483. The Balaban J connectivity index is 1.47. The molecular formula is C29H35ClFN7O5. The Morgan fingerprint density at radius 1 is 1.26 bits per heavy atom. The van der Waals surface area contributed by atoms with E-state index in [0.717, 1.165) is 0 Å². The number of aliphatic carboxylic acids is 1. The molecule has 3 aliphatic rings. The van der Waals surface area contributed by atoms with Gasteiger partial charge in [0.1, 0.15) is 11.9 Å². The number of benzene rings is 1. The summed E-state index contributed by atoms with van der Waals surface area (Å²) in [5, 5.41) is 13.0. The molecule has 2 N–H and O–H groups in total. The Kier molecular flexibility index (Phi) is 8.48. The third-order valence-electron chi connectivity index (χ3n) is 7.97. The van der Waals surface area contributed by atoms with Crippen molar-refractivity contribution in [3.05, 3.63) is 64.1 Å². The number of carboxylic acids is 1. The first-order chi connectivity index (χ1) is 20.4. The number of fused-ring (bicyclic) bond motifs is 1. The van der Waals surface area contributed by atoms with Crippen molar-refractivity contribution in [3.8, 4) is 0 Å². The molecule has 2 saturated heterocycles. The number of piperazine rings is 1. The van der Waals surface area contributed by atoms with Crippen LogP contribution in [0.15, 0.2) is 46.9 Å². The van der Waals surface area contributed by atoms with Crippen LogP contribution in [-0.4, -0.2) is 105 Å². The second-order valence-electron chi connectivity index (χ2n) is 11.6. The molecule has 2 fully saturated rings. The van der Waals surface area contributed by atoms with Crippen molar-refractivity contribution in [1.29, 1.82) is 0 Å². The molecule has 0 saturated carbocycles. The number of aromatic nitrogens is 2. The van der Waals surface area contributed by atoms with Gasteiger partial charge in [-0.3, -0.25) is 14.7 Å². The Morgan fingerprint density at radius 3 is 2.67 bits per heavy atom. The highest BCUT2D eigenvalue weighted by Crippen LogP contribution is 2.37. The Hall–Kier alpha value is -3.97. The number of amides is 2. The molecule has 2 amide bonds. The van der Waals surface area contributed by atoms with Crippen molar-refractivity contribution in [2.45, 2.75) is 32.9 Å². The average molecular weight is 616 g/mol. The van der Waals surface area contributed by atoms with Crippen molar-refractivity contribution in [2.75, 3.05) is 45.9 Å². The number of carboxylic acid groups (broad SMARTS) is 1. The number of carbonyl (C=O) groups excluding carboxylic acids is 2. The normalized spacial score (nSPS) is 21.1. The van der Waals surface area contributed by atoms with Crippen molar-refractivity contribution in [1.82, 2.24) is 29.6 Å². The van der Waals surface area contributed by atoms with E-state index in [2.05, 4.69) is 15.2 Å². The molecule has 0 spiro atoms. The Labute approximate surface area is 253 Å². The van der Waals surface area contributed by atoms with E-state index in [-0.39, 0.29) is 35.8 Å². The molecule has 4 heterocycles. The molecule has 0 unspecified atom stereocenters. The predicted molar refractivity (Wildman–Crippen MR) is 156 cm³/mol. The number of imidazole rings is 1. The van der Waals surface area contributed by atoms with E-state index in [4.69, 9.17) is 21.3 Å². The van der Waals surface area contributed by atoms with Gasteiger partial charge in [-0.1, -0.05) is 17.7 Å². The number of hydrogen-bond acceptors (Lipinski definition) is 8. The molecule has 2 aromatic rings. The van der Waals surface area contributed by atoms with Gasteiger partial charge >= 0.3 is 18.0 Å². The molecular weight excluding hydrogens is 581 g/mol. The van der Waals surface area contributed by atoms with Crippen molar-refractivity contribution < 1.29 is 28.6 Å². The van der Waals surface area contributed by atoms with Crippen LogP contribution in [0.4, 0.5) is 9.18 Å². The van der Waals surface area contributed by atoms with E-state index in [1.165, 1.54) is 18.2 Å². The van der Waals surface area contributed by atoms with Gasteiger partial charge in [-0.15, -0.1) is 0 Å². The van der Waals surface area contributed by atoms with Crippen LogP contribution in [0.1, 0.15) is 38.2 Å². The zero-order chi connectivity index (χ0) is 31.1. The standard InChI is InChI=1S/C29H35ClFN7O5/c1-5-43-26(39)22-21(15-36-10-11-38-18(13-36)14-37(28(38)42)16-29(2,3)27(40)41)33-24(25-32-8-9-35(25)4)34-23(22)19-7-6-17(31)12-20(19)30/h6-9,12,18,23H,5,10-11,13-16H2,1-4H3,(H,33,34)(H,40,41)/t18-,23-/m0/s1. The van der Waals surface area contributed by atoms with E-state index in [9.17, 15) is 23.9 Å². The first-order valence-corrected chi connectivity index (χ1v) is 14.5. The maximum Gasteiger partial charge on any atom is 0.338 e. The van der Waals surface area contributed by atoms with E-state index in [0.29, 0.717) is 55.6 Å². The van der Waals surface area contributed by atoms with Gasteiger partial charge in [-0.25, -0.2) is 19.0 Å². The molecule has 0 bridgehead atoms. The molecule has 230 valence electrons. The number of rotatable bonds is 9. The van der Waals surface area contributed by atoms with E-state index < -0.39 is 29.2 Å². The lowest BCUT2D eigenvalue weighted by atomic mass is 9.93. The molecule has 0 radical (unpaired) electrons. The van der Waals surface area contributed by atoms with Gasteiger partial charge in [-0.05, 0) is 32.9 Å². The van der Waals surface area contributed by atoms with Crippen LogP contribution in [-0.2, 0) is 21.4 Å². The zero-order valence-corrected chi connectivity index (χ0v) is 25.3.